The summed E-state index contributed by atoms with van der Waals surface area (Å²) in [5, 5.41) is 3.27. The van der Waals surface area contributed by atoms with E-state index in [0.717, 1.165) is 19.4 Å². The highest BCUT2D eigenvalue weighted by Gasteiger charge is 2.35. The number of benzene rings is 1. The Kier molecular flexibility index (Phi) is 5.36. The second-order valence-electron chi connectivity index (χ2n) is 6.25. The Morgan fingerprint density at radius 1 is 1.38 bits per heavy atom. The van der Waals surface area contributed by atoms with Crippen molar-refractivity contribution in [3.8, 4) is 0 Å². The first-order chi connectivity index (χ1) is 11.4. The molecule has 132 valence electrons. The number of sulfone groups is 1. The minimum absolute atomic E-state index is 0.0358. The second-order valence-corrected chi connectivity index (χ2v) is 8.87. The van der Waals surface area contributed by atoms with E-state index in [1.54, 1.807) is 18.2 Å². The van der Waals surface area contributed by atoms with E-state index in [0.29, 0.717) is 23.8 Å². The van der Waals surface area contributed by atoms with E-state index in [9.17, 15) is 12.8 Å². The van der Waals surface area contributed by atoms with Crippen LogP contribution in [0.15, 0.2) is 24.3 Å². The summed E-state index contributed by atoms with van der Waals surface area (Å²) in [6.07, 6.45) is 2.50. The largest absolute Gasteiger partial charge is 0.376 e. The van der Waals surface area contributed by atoms with Gasteiger partial charge in [0, 0.05) is 19.2 Å². The topological polar surface area (TPSA) is 58.6 Å². The number of para-hydroxylation sites is 1. The summed E-state index contributed by atoms with van der Waals surface area (Å²) in [6, 6.07) is 6.11. The number of hydrogen-bond acceptors (Lipinski definition) is 4. The first-order valence-electron chi connectivity index (χ1n) is 8.09. The Bertz CT molecular complexity index is 705. The van der Waals surface area contributed by atoms with E-state index >= 15 is 0 Å². The van der Waals surface area contributed by atoms with E-state index in [1.165, 1.54) is 6.07 Å². The third-order valence-electron chi connectivity index (χ3n) is 4.45. The quantitative estimate of drug-likeness (QED) is 0.818. The van der Waals surface area contributed by atoms with Crippen molar-refractivity contribution in [3.05, 3.63) is 30.1 Å². The molecule has 0 unspecified atom stereocenters. The molecule has 2 fully saturated rings. The summed E-state index contributed by atoms with van der Waals surface area (Å²) in [7, 11) is -3.03. The molecule has 8 heteroatoms. The normalized spacial score (nSPS) is 25.5. The van der Waals surface area contributed by atoms with E-state index in [1.807, 2.05) is 4.90 Å². The molecular weight excluding hydrogens is 351 g/mol. The van der Waals surface area contributed by atoms with Crippen molar-refractivity contribution in [2.24, 2.45) is 0 Å². The van der Waals surface area contributed by atoms with Crippen LogP contribution >= 0.6 is 12.2 Å². The monoisotopic (exact) mass is 372 g/mol. The number of anilines is 1. The average Bonchev–Trinajstić information content (AvgIpc) is 3.16. The first kappa shape index (κ1) is 17.6. The van der Waals surface area contributed by atoms with Crippen LogP contribution in [-0.4, -0.2) is 55.2 Å². The van der Waals surface area contributed by atoms with Crippen molar-refractivity contribution in [2.75, 3.05) is 30.0 Å². The van der Waals surface area contributed by atoms with Crippen LogP contribution in [0.2, 0.25) is 0 Å². The number of halogens is 1. The highest BCUT2D eigenvalue weighted by molar-refractivity contribution is 7.91. The van der Waals surface area contributed by atoms with Crippen LogP contribution in [-0.2, 0) is 14.6 Å². The molecule has 1 N–H and O–H groups in total. The predicted octanol–water partition coefficient (Wildman–Crippen LogP) is 2.19. The van der Waals surface area contributed by atoms with E-state index in [4.69, 9.17) is 17.0 Å². The lowest BCUT2D eigenvalue weighted by Crippen LogP contribution is -2.47. The van der Waals surface area contributed by atoms with Gasteiger partial charge in [-0.15, -0.1) is 0 Å². The highest BCUT2D eigenvalue weighted by atomic mass is 32.2. The van der Waals surface area contributed by atoms with Crippen LogP contribution in [0.1, 0.15) is 19.3 Å². The summed E-state index contributed by atoms with van der Waals surface area (Å²) in [4.78, 5) is 1.86. The Hall–Kier alpha value is -1.25. The maximum Gasteiger partial charge on any atom is 0.173 e. The number of nitrogens with one attached hydrogen (secondary N) is 1. The Morgan fingerprint density at radius 2 is 2.17 bits per heavy atom. The molecule has 2 atom stereocenters. The van der Waals surface area contributed by atoms with Gasteiger partial charge in [0.1, 0.15) is 5.82 Å². The smallest absolute Gasteiger partial charge is 0.173 e. The molecule has 1 aromatic rings. The minimum Gasteiger partial charge on any atom is -0.376 e. The Labute approximate surface area is 147 Å². The molecule has 2 aliphatic heterocycles. The molecule has 0 aliphatic carbocycles. The van der Waals surface area contributed by atoms with Gasteiger partial charge in [0.05, 0.1) is 23.3 Å². The number of ether oxygens (including phenoxy) is 1. The zero-order chi connectivity index (χ0) is 17.2. The maximum absolute atomic E-state index is 13.9. The maximum atomic E-state index is 13.9. The third-order valence-corrected chi connectivity index (χ3v) is 6.54. The standard InChI is InChI=1S/C16H21FN2O3S2/c17-14-5-1-2-6-15(14)18-16(23)19(10-13-4-3-8-22-13)12-7-9-24(20,21)11-12/h1-2,5-6,12-13H,3-4,7-11H2,(H,18,23)/t12-,13+/m0/s1. The lowest BCUT2D eigenvalue weighted by Gasteiger charge is -2.33. The van der Waals surface area contributed by atoms with E-state index in [2.05, 4.69) is 5.32 Å². The van der Waals surface area contributed by atoms with Crippen molar-refractivity contribution >= 4 is 32.9 Å². The molecular formula is C16H21FN2O3S2. The number of nitrogens with zero attached hydrogens (tertiary/aromatic N) is 1. The van der Waals surface area contributed by atoms with Crippen LogP contribution in [0, 0.1) is 5.82 Å². The lowest BCUT2D eigenvalue weighted by molar-refractivity contribution is 0.0851. The second kappa shape index (κ2) is 7.33. The van der Waals surface area contributed by atoms with Crippen LogP contribution in [0.3, 0.4) is 0 Å². The molecule has 2 aliphatic rings. The van der Waals surface area contributed by atoms with Crippen molar-refractivity contribution < 1.29 is 17.5 Å². The van der Waals surface area contributed by atoms with Crippen molar-refractivity contribution in [1.82, 2.24) is 4.90 Å². The predicted molar refractivity (Wildman–Crippen MR) is 95.4 cm³/mol. The SMILES string of the molecule is O=S1(=O)CC[C@H](N(C[C@H]2CCCO2)C(=S)Nc2ccccc2F)C1. The molecule has 2 heterocycles. The van der Waals surface area contributed by atoms with Crippen molar-refractivity contribution in [3.63, 3.8) is 0 Å². The first-order valence-corrected chi connectivity index (χ1v) is 10.3. The van der Waals surface area contributed by atoms with Crippen LogP contribution in [0.25, 0.3) is 0 Å². The molecule has 1 aromatic carbocycles. The zero-order valence-corrected chi connectivity index (χ0v) is 14.9. The highest BCUT2D eigenvalue weighted by Crippen LogP contribution is 2.23. The van der Waals surface area contributed by atoms with Gasteiger partial charge in [0.25, 0.3) is 0 Å². The van der Waals surface area contributed by atoms with Gasteiger partial charge in [-0.3, -0.25) is 0 Å². The van der Waals surface area contributed by atoms with Crippen molar-refractivity contribution in [1.29, 1.82) is 0 Å². The summed E-state index contributed by atoms with van der Waals surface area (Å²) in [5.74, 6) is -0.142. The molecule has 0 saturated carbocycles. The van der Waals surface area contributed by atoms with Crippen LogP contribution in [0.5, 0.6) is 0 Å². The lowest BCUT2D eigenvalue weighted by atomic mass is 10.2. The summed E-state index contributed by atoms with van der Waals surface area (Å²) in [5.41, 5.74) is 0.292. The van der Waals surface area contributed by atoms with Gasteiger partial charge in [0.15, 0.2) is 14.9 Å². The van der Waals surface area contributed by atoms with Gasteiger partial charge >= 0.3 is 0 Å². The third kappa shape index (κ3) is 4.23. The average molecular weight is 372 g/mol. The van der Waals surface area contributed by atoms with Crippen LogP contribution < -0.4 is 5.32 Å². The summed E-state index contributed by atoms with van der Waals surface area (Å²) < 4.78 is 43.2. The van der Waals surface area contributed by atoms with Gasteiger partial charge in [0.2, 0.25) is 0 Å². The van der Waals surface area contributed by atoms with Gasteiger partial charge in [-0.2, -0.15) is 0 Å². The van der Waals surface area contributed by atoms with Crippen LogP contribution in [0.4, 0.5) is 10.1 Å². The Balaban J connectivity index is 1.75. The zero-order valence-electron chi connectivity index (χ0n) is 13.3. The van der Waals surface area contributed by atoms with E-state index < -0.39 is 15.7 Å². The molecule has 3 rings (SSSR count). The van der Waals surface area contributed by atoms with Crippen molar-refractivity contribution in [2.45, 2.75) is 31.4 Å². The van der Waals surface area contributed by atoms with Gasteiger partial charge < -0.3 is 15.0 Å². The summed E-state index contributed by atoms with van der Waals surface area (Å²) >= 11 is 5.46. The molecule has 24 heavy (non-hydrogen) atoms. The van der Waals surface area contributed by atoms with Gasteiger partial charge in [-0.05, 0) is 43.6 Å². The fourth-order valence-electron chi connectivity index (χ4n) is 3.18. The molecule has 2 saturated heterocycles. The van der Waals surface area contributed by atoms with Gasteiger partial charge in [-0.1, -0.05) is 12.1 Å². The molecule has 0 radical (unpaired) electrons. The van der Waals surface area contributed by atoms with Gasteiger partial charge in [-0.25, -0.2) is 12.8 Å². The molecule has 0 amide bonds. The Morgan fingerprint density at radius 3 is 2.79 bits per heavy atom. The fourth-order valence-corrected chi connectivity index (χ4v) is 5.24. The molecule has 0 bridgehead atoms. The minimum atomic E-state index is -3.03. The molecule has 0 spiro atoms. The number of hydrogen-bond donors (Lipinski definition) is 1. The number of thiocarbonyl (C=S) groups is 1. The summed E-state index contributed by atoms with van der Waals surface area (Å²) in [6.45, 7) is 1.25. The molecule has 0 aromatic heterocycles. The van der Waals surface area contributed by atoms with E-state index in [-0.39, 0.29) is 23.7 Å². The number of rotatable bonds is 4. The molecule has 5 nitrogen and oxygen atoms in total. The fraction of sp³-hybridized carbons (Fsp3) is 0.562.